The molecule has 1 aromatic rings. The highest BCUT2D eigenvalue weighted by atomic mass is 19.1. The molecule has 8 heteroatoms. The van der Waals surface area contributed by atoms with Crippen molar-refractivity contribution in [2.75, 3.05) is 13.1 Å². The molecule has 3 fully saturated rings. The van der Waals surface area contributed by atoms with E-state index in [1.807, 2.05) is 0 Å². The Morgan fingerprint density at radius 1 is 1.21 bits per heavy atom. The number of amides is 3. The lowest BCUT2D eigenvalue weighted by atomic mass is 10.0. The minimum absolute atomic E-state index is 0.0406. The van der Waals surface area contributed by atoms with Crippen LogP contribution in [-0.2, 0) is 9.59 Å². The largest absolute Gasteiger partial charge is 0.353 e. The minimum atomic E-state index is -0.458. The summed E-state index contributed by atoms with van der Waals surface area (Å²) in [6.07, 6.45) is 3.73. The number of halogens is 1. The molecule has 3 unspecified atom stereocenters. The highest BCUT2D eigenvalue weighted by Gasteiger charge is 2.43. The van der Waals surface area contributed by atoms with Crippen LogP contribution in [-0.4, -0.2) is 59.9 Å². The molecule has 28 heavy (non-hydrogen) atoms. The van der Waals surface area contributed by atoms with Crippen molar-refractivity contribution in [3.05, 3.63) is 35.6 Å². The number of rotatable bonds is 6. The molecule has 0 spiro atoms. The number of carbonyl (C=O) groups is 3. The third-order valence-corrected chi connectivity index (χ3v) is 5.69. The van der Waals surface area contributed by atoms with Crippen molar-refractivity contribution in [1.29, 1.82) is 0 Å². The Morgan fingerprint density at radius 2 is 2.04 bits per heavy atom. The molecule has 3 amide bonds. The van der Waals surface area contributed by atoms with Gasteiger partial charge in [0.1, 0.15) is 5.82 Å². The van der Waals surface area contributed by atoms with E-state index in [1.165, 1.54) is 18.2 Å². The van der Waals surface area contributed by atoms with Crippen molar-refractivity contribution >= 4 is 17.7 Å². The number of hydrogen-bond acceptors (Lipinski definition) is 4. The lowest BCUT2D eigenvalue weighted by molar-refractivity contribution is -0.129. The van der Waals surface area contributed by atoms with Crippen LogP contribution >= 0.6 is 0 Å². The predicted molar refractivity (Wildman–Crippen MR) is 100.0 cm³/mol. The normalized spacial score (nSPS) is 27.0. The van der Waals surface area contributed by atoms with Gasteiger partial charge < -0.3 is 16.0 Å². The van der Waals surface area contributed by atoms with Crippen LogP contribution in [0.1, 0.15) is 42.5 Å². The highest BCUT2D eigenvalue weighted by Crippen LogP contribution is 2.26. The lowest BCUT2D eigenvalue weighted by Crippen LogP contribution is -2.58. The zero-order chi connectivity index (χ0) is 19.7. The van der Waals surface area contributed by atoms with E-state index in [2.05, 4.69) is 20.9 Å². The second kappa shape index (κ2) is 7.87. The Morgan fingerprint density at radius 3 is 2.79 bits per heavy atom. The minimum Gasteiger partial charge on any atom is -0.353 e. The summed E-state index contributed by atoms with van der Waals surface area (Å²) < 4.78 is 13.3. The van der Waals surface area contributed by atoms with Crippen LogP contribution in [0.3, 0.4) is 0 Å². The molecule has 2 aliphatic heterocycles. The van der Waals surface area contributed by atoms with Gasteiger partial charge in [0.05, 0.1) is 6.04 Å². The number of nitrogens with one attached hydrogen (secondary N) is 3. The van der Waals surface area contributed by atoms with Gasteiger partial charge >= 0.3 is 0 Å². The van der Waals surface area contributed by atoms with Crippen molar-refractivity contribution in [2.24, 2.45) is 0 Å². The maximum atomic E-state index is 13.3. The molecular weight excluding hydrogens is 363 g/mol. The summed E-state index contributed by atoms with van der Waals surface area (Å²) in [7, 11) is 0. The molecule has 0 aromatic heterocycles. The van der Waals surface area contributed by atoms with E-state index in [1.54, 1.807) is 6.07 Å². The maximum absolute atomic E-state index is 13.3. The van der Waals surface area contributed by atoms with E-state index in [-0.39, 0.29) is 41.4 Å². The molecule has 150 valence electrons. The standard InChI is InChI=1S/C20H25FN4O3/c21-13-3-1-2-12(8-13)19(27)24-15-9-17-20(28)22-10-16(25(17)11-15)6-7-18(26)23-14-4-5-14/h1-3,8,14-17H,4-7,9-11H2,(H,22,28)(H,23,26)(H,24,27). The van der Waals surface area contributed by atoms with Gasteiger partial charge in [0, 0.05) is 43.2 Å². The number of hydrogen-bond donors (Lipinski definition) is 3. The van der Waals surface area contributed by atoms with E-state index in [0.29, 0.717) is 38.4 Å². The maximum Gasteiger partial charge on any atom is 0.251 e. The van der Waals surface area contributed by atoms with E-state index in [4.69, 9.17) is 0 Å². The Labute approximate surface area is 163 Å². The van der Waals surface area contributed by atoms with Crippen LogP contribution in [0.5, 0.6) is 0 Å². The van der Waals surface area contributed by atoms with Crippen molar-refractivity contribution in [1.82, 2.24) is 20.9 Å². The Kier molecular flexibility index (Phi) is 5.30. The Hall–Kier alpha value is -2.48. The van der Waals surface area contributed by atoms with Gasteiger partial charge in [0.15, 0.2) is 0 Å². The molecule has 7 nitrogen and oxygen atoms in total. The fraction of sp³-hybridized carbons (Fsp3) is 0.550. The molecule has 3 atom stereocenters. The third-order valence-electron chi connectivity index (χ3n) is 5.69. The van der Waals surface area contributed by atoms with Crippen LogP contribution in [0.4, 0.5) is 4.39 Å². The zero-order valence-corrected chi connectivity index (χ0v) is 15.6. The van der Waals surface area contributed by atoms with Gasteiger partial charge in [-0.15, -0.1) is 0 Å². The molecule has 1 aromatic carbocycles. The van der Waals surface area contributed by atoms with Gasteiger partial charge in [0.2, 0.25) is 11.8 Å². The monoisotopic (exact) mass is 388 g/mol. The van der Waals surface area contributed by atoms with Crippen molar-refractivity contribution < 1.29 is 18.8 Å². The zero-order valence-electron chi connectivity index (χ0n) is 15.6. The summed E-state index contributed by atoms with van der Waals surface area (Å²) in [6.45, 7) is 1.06. The summed E-state index contributed by atoms with van der Waals surface area (Å²) in [6, 6.07) is 5.49. The predicted octanol–water partition coefficient (Wildman–Crippen LogP) is 0.556. The Bertz CT molecular complexity index is 782. The third kappa shape index (κ3) is 4.32. The first-order valence-corrected chi connectivity index (χ1v) is 9.89. The Balaban J connectivity index is 1.34. The molecule has 1 aliphatic carbocycles. The number of piperazine rings is 1. The molecule has 4 rings (SSSR count). The van der Waals surface area contributed by atoms with Crippen molar-refractivity contribution in [2.45, 2.75) is 56.3 Å². The first-order valence-electron chi connectivity index (χ1n) is 9.89. The highest BCUT2D eigenvalue weighted by molar-refractivity contribution is 5.94. The summed E-state index contributed by atoms with van der Waals surface area (Å²) in [4.78, 5) is 38.7. The number of nitrogens with zero attached hydrogens (tertiary/aromatic N) is 1. The number of fused-ring (bicyclic) bond motifs is 1. The fourth-order valence-corrected chi connectivity index (χ4v) is 4.07. The van der Waals surface area contributed by atoms with Gasteiger partial charge in [-0.2, -0.15) is 0 Å². The number of benzene rings is 1. The first-order chi connectivity index (χ1) is 13.5. The lowest BCUT2D eigenvalue weighted by Gasteiger charge is -2.37. The fourth-order valence-electron chi connectivity index (χ4n) is 4.07. The summed E-state index contributed by atoms with van der Waals surface area (Å²) in [5.74, 6) is -0.780. The molecule has 2 saturated heterocycles. The molecule has 0 radical (unpaired) electrons. The van der Waals surface area contributed by atoms with Gasteiger partial charge in [-0.05, 0) is 43.9 Å². The molecule has 0 bridgehead atoms. The van der Waals surface area contributed by atoms with Crippen LogP contribution < -0.4 is 16.0 Å². The van der Waals surface area contributed by atoms with E-state index in [9.17, 15) is 18.8 Å². The van der Waals surface area contributed by atoms with Gasteiger partial charge in [-0.1, -0.05) is 6.07 Å². The molecule has 3 N–H and O–H groups in total. The second-order valence-electron chi connectivity index (χ2n) is 7.91. The van der Waals surface area contributed by atoms with Crippen LogP contribution in [0.2, 0.25) is 0 Å². The first kappa shape index (κ1) is 18.9. The quantitative estimate of drug-likeness (QED) is 0.664. The van der Waals surface area contributed by atoms with Crippen LogP contribution in [0, 0.1) is 5.82 Å². The smallest absolute Gasteiger partial charge is 0.251 e. The summed E-state index contributed by atoms with van der Waals surface area (Å²) in [5, 5.41) is 8.82. The van der Waals surface area contributed by atoms with Gasteiger partial charge in [0.25, 0.3) is 5.91 Å². The molecule has 2 heterocycles. The topological polar surface area (TPSA) is 90.5 Å². The van der Waals surface area contributed by atoms with Crippen molar-refractivity contribution in [3.8, 4) is 0 Å². The van der Waals surface area contributed by atoms with E-state index in [0.717, 1.165) is 12.8 Å². The van der Waals surface area contributed by atoms with Crippen LogP contribution in [0.15, 0.2) is 24.3 Å². The number of carbonyl (C=O) groups excluding carboxylic acids is 3. The molecular formula is C20H25FN4O3. The molecule has 3 aliphatic rings. The van der Waals surface area contributed by atoms with Gasteiger partial charge in [-0.25, -0.2) is 4.39 Å². The van der Waals surface area contributed by atoms with E-state index < -0.39 is 5.82 Å². The average Bonchev–Trinajstić information content (AvgIpc) is 3.37. The average molecular weight is 388 g/mol. The van der Waals surface area contributed by atoms with E-state index >= 15 is 0 Å². The molecule has 1 saturated carbocycles. The van der Waals surface area contributed by atoms with Crippen molar-refractivity contribution in [3.63, 3.8) is 0 Å². The summed E-state index contributed by atoms with van der Waals surface area (Å²) >= 11 is 0. The van der Waals surface area contributed by atoms with Crippen LogP contribution in [0.25, 0.3) is 0 Å². The van der Waals surface area contributed by atoms with Gasteiger partial charge in [-0.3, -0.25) is 19.3 Å². The summed E-state index contributed by atoms with van der Waals surface area (Å²) in [5.41, 5.74) is 0.266. The SMILES string of the molecule is O=C(CCC1CNC(=O)C2CC(NC(=O)c3cccc(F)c3)CN12)NC1CC1. The second-order valence-corrected chi connectivity index (χ2v) is 7.91.